The summed E-state index contributed by atoms with van der Waals surface area (Å²) in [6.45, 7) is 0. The SMILES string of the molecule is O=C(c1cccnc1)C1CC2(CCC2)C1. The van der Waals surface area contributed by atoms with Crippen LogP contribution in [-0.2, 0) is 0 Å². The maximum atomic E-state index is 12.0. The van der Waals surface area contributed by atoms with Crippen molar-refractivity contribution in [2.24, 2.45) is 11.3 Å². The molecule has 1 spiro atoms. The van der Waals surface area contributed by atoms with Crippen molar-refractivity contribution in [3.63, 3.8) is 0 Å². The Kier molecular flexibility index (Phi) is 1.91. The molecule has 3 rings (SSSR count). The lowest BCUT2D eigenvalue weighted by Crippen LogP contribution is -2.45. The number of nitrogens with zero attached hydrogens (tertiary/aromatic N) is 1. The summed E-state index contributed by atoms with van der Waals surface area (Å²) in [5.41, 5.74) is 1.37. The third-order valence-corrected chi connectivity index (χ3v) is 4.09. The van der Waals surface area contributed by atoms with E-state index in [-0.39, 0.29) is 5.92 Å². The molecule has 2 aliphatic rings. The molecule has 0 atom stereocenters. The normalized spacial score (nSPS) is 23.2. The first-order valence-corrected chi connectivity index (χ1v) is 5.73. The van der Waals surface area contributed by atoms with Gasteiger partial charge in [0.2, 0.25) is 0 Å². The van der Waals surface area contributed by atoms with Crippen molar-refractivity contribution in [2.45, 2.75) is 32.1 Å². The number of carbonyl (C=O) groups is 1. The Morgan fingerprint density at radius 1 is 1.40 bits per heavy atom. The molecule has 0 aromatic carbocycles. The fourth-order valence-corrected chi connectivity index (χ4v) is 3.00. The molecule has 0 amide bonds. The second-order valence-electron chi connectivity index (χ2n) is 5.06. The van der Waals surface area contributed by atoms with E-state index in [0.717, 1.165) is 18.4 Å². The zero-order valence-electron chi connectivity index (χ0n) is 8.78. The summed E-state index contributed by atoms with van der Waals surface area (Å²) in [5.74, 6) is 0.593. The average Bonchev–Trinajstić information content (AvgIpc) is 2.14. The van der Waals surface area contributed by atoms with Crippen molar-refractivity contribution in [1.29, 1.82) is 0 Å². The average molecular weight is 201 g/mol. The van der Waals surface area contributed by atoms with E-state index in [0.29, 0.717) is 11.2 Å². The summed E-state index contributed by atoms with van der Waals surface area (Å²) in [4.78, 5) is 16.0. The Morgan fingerprint density at radius 2 is 2.20 bits per heavy atom. The molecule has 2 aliphatic carbocycles. The van der Waals surface area contributed by atoms with Gasteiger partial charge in [0.1, 0.15) is 0 Å². The molecule has 0 aliphatic heterocycles. The van der Waals surface area contributed by atoms with E-state index in [1.54, 1.807) is 12.4 Å². The summed E-state index contributed by atoms with van der Waals surface area (Å²) in [5, 5.41) is 0. The molecule has 2 saturated carbocycles. The zero-order valence-corrected chi connectivity index (χ0v) is 8.78. The molecule has 1 heterocycles. The predicted molar refractivity (Wildman–Crippen MR) is 57.6 cm³/mol. The summed E-state index contributed by atoms with van der Waals surface area (Å²) in [7, 11) is 0. The van der Waals surface area contributed by atoms with Crippen molar-refractivity contribution in [3.05, 3.63) is 30.1 Å². The standard InChI is InChI=1S/C13H15NO/c15-12(10-3-1-6-14-9-10)11-7-13(8-11)4-2-5-13/h1,3,6,9,11H,2,4-5,7-8H2. The topological polar surface area (TPSA) is 30.0 Å². The predicted octanol–water partition coefficient (Wildman–Crippen LogP) is 2.84. The molecule has 0 bridgehead atoms. The van der Waals surface area contributed by atoms with Gasteiger partial charge in [0, 0.05) is 23.9 Å². The Labute approximate surface area is 89.7 Å². The van der Waals surface area contributed by atoms with E-state index >= 15 is 0 Å². The van der Waals surface area contributed by atoms with Gasteiger partial charge in [0.25, 0.3) is 0 Å². The van der Waals surface area contributed by atoms with Crippen molar-refractivity contribution >= 4 is 5.78 Å². The van der Waals surface area contributed by atoms with Crippen LogP contribution in [0, 0.1) is 11.3 Å². The summed E-state index contributed by atoms with van der Waals surface area (Å²) >= 11 is 0. The second-order valence-corrected chi connectivity index (χ2v) is 5.06. The monoisotopic (exact) mass is 201 g/mol. The molecule has 0 radical (unpaired) electrons. The van der Waals surface area contributed by atoms with E-state index in [1.165, 1.54) is 19.3 Å². The molecular weight excluding hydrogens is 186 g/mol. The Balaban J connectivity index is 1.67. The third kappa shape index (κ3) is 1.39. The number of rotatable bonds is 2. The Bertz CT molecular complexity index is 373. The van der Waals surface area contributed by atoms with Crippen LogP contribution in [0.15, 0.2) is 24.5 Å². The van der Waals surface area contributed by atoms with Gasteiger partial charge in [-0.05, 0) is 43.2 Å². The number of aromatic nitrogens is 1. The first-order valence-electron chi connectivity index (χ1n) is 5.73. The quantitative estimate of drug-likeness (QED) is 0.689. The molecule has 0 N–H and O–H groups in total. The van der Waals surface area contributed by atoms with Gasteiger partial charge < -0.3 is 0 Å². The van der Waals surface area contributed by atoms with Gasteiger partial charge in [-0.3, -0.25) is 9.78 Å². The van der Waals surface area contributed by atoms with Crippen LogP contribution < -0.4 is 0 Å². The molecule has 2 nitrogen and oxygen atoms in total. The zero-order chi connectivity index (χ0) is 10.3. The molecule has 15 heavy (non-hydrogen) atoms. The van der Waals surface area contributed by atoms with E-state index in [2.05, 4.69) is 4.98 Å². The molecule has 2 fully saturated rings. The van der Waals surface area contributed by atoms with Crippen LogP contribution in [0.5, 0.6) is 0 Å². The van der Waals surface area contributed by atoms with Crippen LogP contribution in [-0.4, -0.2) is 10.8 Å². The molecule has 0 unspecified atom stereocenters. The van der Waals surface area contributed by atoms with Gasteiger partial charge in [-0.2, -0.15) is 0 Å². The van der Waals surface area contributed by atoms with E-state index < -0.39 is 0 Å². The number of carbonyl (C=O) groups excluding carboxylic acids is 1. The van der Waals surface area contributed by atoms with Crippen LogP contribution in [0.1, 0.15) is 42.5 Å². The third-order valence-electron chi connectivity index (χ3n) is 4.09. The highest BCUT2D eigenvalue weighted by Crippen LogP contribution is 2.59. The van der Waals surface area contributed by atoms with Crippen molar-refractivity contribution in [1.82, 2.24) is 4.98 Å². The minimum absolute atomic E-state index is 0.287. The lowest BCUT2D eigenvalue weighted by Gasteiger charge is -2.53. The smallest absolute Gasteiger partial charge is 0.167 e. The number of hydrogen-bond acceptors (Lipinski definition) is 2. The highest BCUT2D eigenvalue weighted by atomic mass is 16.1. The minimum atomic E-state index is 0.287. The highest BCUT2D eigenvalue weighted by molar-refractivity contribution is 5.98. The summed E-state index contributed by atoms with van der Waals surface area (Å²) in [6, 6.07) is 3.71. The second kappa shape index (κ2) is 3.16. The van der Waals surface area contributed by atoms with Gasteiger partial charge in [-0.15, -0.1) is 0 Å². The van der Waals surface area contributed by atoms with Crippen molar-refractivity contribution in [2.75, 3.05) is 0 Å². The van der Waals surface area contributed by atoms with Gasteiger partial charge in [-0.25, -0.2) is 0 Å². The maximum Gasteiger partial charge on any atom is 0.167 e. The number of pyridine rings is 1. The van der Waals surface area contributed by atoms with Crippen LogP contribution in [0.3, 0.4) is 0 Å². The lowest BCUT2D eigenvalue weighted by molar-refractivity contribution is -0.0150. The molecule has 0 saturated heterocycles. The van der Waals surface area contributed by atoms with Crippen molar-refractivity contribution < 1.29 is 4.79 Å². The minimum Gasteiger partial charge on any atom is -0.294 e. The largest absolute Gasteiger partial charge is 0.294 e. The van der Waals surface area contributed by atoms with Gasteiger partial charge in [0.05, 0.1) is 0 Å². The first kappa shape index (κ1) is 9.08. The van der Waals surface area contributed by atoms with Gasteiger partial charge >= 0.3 is 0 Å². The fourth-order valence-electron chi connectivity index (χ4n) is 3.00. The van der Waals surface area contributed by atoms with Gasteiger partial charge in [-0.1, -0.05) is 6.42 Å². The maximum absolute atomic E-state index is 12.0. The molecule has 78 valence electrons. The van der Waals surface area contributed by atoms with Crippen LogP contribution in [0.25, 0.3) is 0 Å². The lowest BCUT2D eigenvalue weighted by atomic mass is 9.51. The number of Topliss-reactive ketones (excluding diaryl/α,β-unsaturated/α-hetero) is 1. The highest BCUT2D eigenvalue weighted by Gasteiger charge is 2.50. The molecule has 1 aromatic rings. The molecular formula is C13H15NO. The Hall–Kier alpha value is -1.18. The number of hydrogen-bond donors (Lipinski definition) is 0. The van der Waals surface area contributed by atoms with Crippen molar-refractivity contribution in [3.8, 4) is 0 Å². The molecule has 1 aromatic heterocycles. The fraction of sp³-hybridized carbons (Fsp3) is 0.538. The summed E-state index contributed by atoms with van der Waals surface area (Å²) in [6.07, 6.45) is 9.72. The molecule has 2 heteroatoms. The Morgan fingerprint density at radius 3 is 2.73 bits per heavy atom. The van der Waals surface area contributed by atoms with E-state index in [1.807, 2.05) is 12.1 Å². The van der Waals surface area contributed by atoms with Gasteiger partial charge in [0.15, 0.2) is 5.78 Å². The summed E-state index contributed by atoms with van der Waals surface area (Å²) < 4.78 is 0. The number of ketones is 1. The van der Waals surface area contributed by atoms with Crippen LogP contribution in [0.2, 0.25) is 0 Å². The van der Waals surface area contributed by atoms with E-state index in [4.69, 9.17) is 0 Å². The van der Waals surface area contributed by atoms with Crippen LogP contribution >= 0.6 is 0 Å². The van der Waals surface area contributed by atoms with E-state index in [9.17, 15) is 4.79 Å². The first-order chi connectivity index (χ1) is 7.29. The van der Waals surface area contributed by atoms with Crippen LogP contribution in [0.4, 0.5) is 0 Å².